The van der Waals surface area contributed by atoms with Gasteiger partial charge in [0.05, 0.1) is 0 Å². The van der Waals surface area contributed by atoms with Crippen molar-refractivity contribution in [2.45, 2.75) is 44.6 Å². The maximum Gasteiger partial charge on any atom is 0.188 e. The van der Waals surface area contributed by atoms with Gasteiger partial charge in [0, 0.05) is 18.8 Å². The van der Waals surface area contributed by atoms with Gasteiger partial charge in [-0.2, -0.15) is 0 Å². The van der Waals surface area contributed by atoms with Crippen molar-refractivity contribution in [2.75, 3.05) is 6.54 Å². The van der Waals surface area contributed by atoms with Crippen molar-refractivity contribution in [3.63, 3.8) is 0 Å². The van der Waals surface area contributed by atoms with E-state index < -0.39 is 0 Å². The van der Waals surface area contributed by atoms with Crippen molar-refractivity contribution in [1.29, 1.82) is 0 Å². The van der Waals surface area contributed by atoms with E-state index in [4.69, 9.17) is 17.3 Å². The molecule has 3 N–H and O–H groups in total. The predicted octanol–water partition coefficient (Wildman–Crippen LogP) is 2.51. The van der Waals surface area contributed by atoms with Gasteiger partial charge >= 0.3 is 0 Å². The third-order valence-corrected chi connectivity index (χ3v) is 3.65. The summed E-state index contributed by atoms with van der Waals surface area (Å²) in [6.07, 6.45) is 8.95. The van der Waals surface area contributed by atoms with E-state index in [9.17, 15) is 0 Å². The normalized spacial score (nSPS) is 17.4. The van der Waals surface area contributed by atoms with Crippen LogP contribution >= 0.6 is 11.6 Å². The molecule has 1 aliphatic rings. The predicted molar refractivity (Wildman–Crippen MR) is 79.4 cm³/mol. The van der Waals surface area contributed by atoms with Gasteiger partial charge < -0.3 is 11.1 Å². The molecule has 1 aromatic heterocycles. The molecule has 0 aliphatic heterocycles. The van der Waals surface area contributed by atoms with Crippen molar-refractivity contribution in [3.8, 4) is 0 Å². The summed E-state index contributed by atoms with van der Waals surface area (Å²) in [6.45, 7) is 0.675. The van der Waals surface area contributed by atoms with Crippen molar-refractivity contribution < 1.29 is 0 Å². The van der Waals surface area contributed by atoms with Gasteiger partial charge in [0.2, 0.25) is 0 Å². The fourth-order valence-corrected chi connectivity index (χ4v) is 2.47. The number of aliphatic imine (C=N–C) groups is 1. The molecule has 0 aromatic carbocycles. The molecule has 5 heteroatoms. The number of rotatable bonds is 4. The van der Waals surface area contributed by atoms with Crippen molar-refractivity contribution in [3.05, 3.63) is 29.0 Å². The number of halogens is 1. The molecule has 2 rings (SSSR count). The molecule has 1 aliphatic carbocycles. The van der Waals surface area contributed by atoms with Crippen LogP contribution in [-0.4, -0.2) is 23.5 Å². The Hall–Kier alpha value is -1.29. The number of guanidine groups is 1. The van der Waals surface area contributed by atoms with Crippen molar-refractivity contribution >= 4 is 17.6 Å². The molecule has 0 bridgehead atoms. The highest BCUT2D eigenvalue weighted by atomic mass is 35.5. The van der Waals surface area contributed by atoms with Gasteiger partial charge in [-0.3, -0.25) is 4.99 Å². The molecule has 1 aromatic rings. The molecule has 1 heterocycles. The van der Waals surface area contributed by atoms with Gasteiger partial charge in [-0.1, -0.05) is 36.9 Å². The van der Waals surface area contributed by atoms with Crippen LogP contribution in [0.3, 0.4) is 0 Å². The molecule has 0 saturated heterocycles. The number of nitrogens with one attached hydrogen (secondary N) is 1. The highest BCUT2D eigenvalue weighted by Crippen LogP contribution is 2.17. The Labute approximate surface area is 119 Å². The highest BCUT2D eigenvalue weighted by Gasteiger charge is 2.12. The molecule has 1 fully saturated rings. The van der Waals surface area contributed by atoms with Gasteiger partial charge in [0.1, 0.15) is 5.15 Å². The summed E-state index contributed by atoms with van der Waals surface area (Å²) in [5.74, 6) is 0.564. The first-order valence-corrected chi connectivity index (χ1v) is 7.29. The van der Waals surface area contributed by atoms with Gasteiger partial charge in [-0.25, -0.2) is 4.98 Å². The van der Waals surface area contributed by atoms with Crippen LogP contribution in [0.4, 0.5) is 0 Å². The summed E-state index contributed by atoms with van der Waals surface area (Å²) >= 11 is 5.74. The first-order chi connectivity index (χ1) is 9.24. The Kier molecular flexibility index (Phi) is 5.45. The molecule has 1 saturated carbocycles. The fourth-order valence-electron chi connectivity index (χ4n) is 2.36. The molecule has 104 valence electrons. The molecular weight excluding hydrogens is 260 g/mol. The lowest BCUT2D eigenvalue weighted by molar-refractivity contribution is 0.412. The average molecular weight is 281 g/mol. The van der Waals surface area contributed by atoms with E-state index in [0.717, 1.165) is 12.0 Å². The summed E-state index contributed by atoms with van der Waals surface area (Å²) in [5.41, 5.74) is 7.02. The van der Waals surface area contributed by atoms with Crippen LogP contribution in [0.5, 0.6) is 0 Å². The van der Waals surface area contributed by atoms with Gasteiger partial charge in [-0.05, 0) is 30.9 Å². The van der Waals surface area contributed by atoms with E-state index in [0.29, 0.717) is 23.7 Å². The minimum absolute atomic E-state index is 0.509. The maximum absolute atomic E-state index is 5.89. The topological polar surface area (TPSA) is 63.3 Å². The highest BCUT2D eigenvalue weighted by molar-refractivity contribution is 6.29. The monoisotopic (exact) mass is 280 g/mol. The smallest absolute Gasteiger partial charge is 0.188 e. The van der Waals surface area contributed by atoms with E-state index in [1.807, 2.05) is 6.07 Å². The standard InChI is InChI=1S/C14H21ClN4/c15-13-7-6-11(10-18-13)8-9-17-14(16)19-12-4-2-1-3-5-12/h6-7,10,12H,1-5,8-9H2,(H3,16,17,19). The van der Waals surface area contributed by atoms with E-state index in [-0.39, 0.29) is 0 Å². The number of nitrogens with two attached hydrogens (primary N) is 1. The third kappa shape index (κ3) is 5.07. The molecule has 0 amide bonds. The van der Waals surface area contributed by atoms with Crippen LogP contribution in [0, 0.1) is 0 Å². The number of hydrogen-bond donors (Lipinski definition) is 2. The Morgan fingerprint density at radius 1 is 1.37 bits per heavy atom. The summed E-state index contributed by atoms with van der Waals surface area (Å²) in [6, 6.07) is 4.27. The Morgan fingerprint density at radius 3 is 2.84 bits per heavy atom. The number of nitrogens with zero attached hydrogens (tertiary/aromatic N) is 2. The zero-order valence-corrected chi connectivity index (χ0v) is 11.9. The second kappa shape index (κ2) is 7.34. The first kappa shape index (κ1) is 14.1. The van der Waals surface area contributed by atoms with Crippen molar-refractivity contribution in [2.24, 2.45) is 10.7 Å². The van der Waals surface area contributed by atoms with Crippen LogP contribution in [0.1, 0.15) is 37.7 Å². The SMILES string of the molecule is NC(=NCCc1ccc(Cl)nc1)NC1CCCCC1. The molecule has 0 unspecified atom stereocenters. The zero-order valence-electron chi connectivity index (χ0n) is 11.1. The lowest BCUT2D eigenvalue weighted by Gasteiger charge is -2.23. The quantitative estimate of drug-likeness (QED) is 0.506. The zero-order chi connectivity index (χ0) is 13.5. The second-order valence-corrected chi connectivity index (χ2v) is 5.37. The van der Waals surface area contributed by atoms with Gasteiger partial charge in [0.15, 0.2) is 5.96 Å². The van der Waals surface area contributed by atoms with E-state index >= 15 is 0 Å². The van der Waals surface area contributed by atoms with Crippen LogP contribution < -0.4 is 11.1 Å². The number of aromatic nitrogens is 1. The summed E-state index contributed by atoms with van der Waals surface area (Å²) in [4.78, 5) is 8.40. The van der Waals surface area contributed by atoms with Crippen LogP contribution in [0.25, 0.3) is 0 Å². The van der Waals surface area contributed by atoms with Crippen LogP contribution in [0.15, 0.2) is 23.3 Å². The Morgan fingerprint density at radius 2 is 2.16 bits per heavy atom. The van der Waals surface area contributed by atoms with Crippen molar-refractivity contribution in [1.82, 2.24) is 10.3 Å². The summed E-state index contributed by atoms with van der Waals surface area (Å²) in [5, 5.41) is 3.82. The fraction of sp³-hybridized carbons (Fsp3) is 0.571. The van der Waals surface area contributed by atoms with Crippen LogP contribution in [0.2, 0.25) is 5.15 Å². The largest absolute Gasteiger partial charge is 0.370 e. The van der Waals surface area contributed by atoms with E-state index in [1.54, 1.807) is 12.3 Å². The van der Waals surface area contributed by atoms with Gasteiger partial charge in [0.25, 0.3) is 0 Å². The molecule has 4 nitrogen and oxygen atoms in total. The minimum Gasteiger partial charge on any atom is -0.370 e. The minimum atomic E-state index is 0.509. The van der Waals surface area contributed by atoms with E-state index in [1.165, 1.54) is 32.1 Å². The number of pyridine rings is 1. The lowest BCUT2D eigenvalue weighted by atomic mass is 9.96. The third-order valence-electron chi connectivity index (χ3n) is 3.43. The summed E-state index contributed by atoms with van der Waals surface area (Å²) < 4.78 is 0. The number of hydrogen-bond acceptors (Lipinski definition) is 2. The van der Waals surface area contributed by atoms with Crippen LogP contribution in [-0.2, 0) is 6.42 Å². The Balaban J connectivity index is 1.73. The summed E-state index contributed by atoms with van der Waals surface area (Å²) in [7, 11) is 0. The van der Waals surface area contributed by atoms with E-state index in [2.05, 4.69) is 15.3 Å². The maximum atomic E-state index is 5.89. The average Bonchev–Trinajstić information content (AvgIpc) is 2.42. The molecule has 19 heavy (non-hydrogen) atoms. The van der Waals surface area contributed by atoms with Gasteiger partial charge in [-0.15, -0.1) is 0 Å². The lowest BCUT2D eigenvalue weighted by Crippen LogP contribution is -2.41. The second-order valence-electron chi connectivity index (χ2n) is 4.99. The Bertz CT molecular complexity index is 410. The molecule has 0 radical (unpaired) electrons. The molecule has 0 atom stereocenters. The molecule has 0 spiro atoms. The molecular formula is C14H21ClN4. The first-order valence-electron chi connectivity index (χ1n) is 6.91.